The molecule has 1 aromatic rings. The van der Waals surface area contributed by atoms with Crippen LogP contribution in [0.4, 0.5) is 0 Å². The first-order chi connectivity index (χ1) is 11.7. The Bertz CT molecular complexity index is 727. The van der Waals surface area contributed by atoms with Gasteiger partial charge in [0.05, 0.1) is 11.8 Å². The van der Waals surface area contributed by atoms with Crippen molar-refractivity contribution in [3.8, 4) is 0 Å². The van der Waals surface area contributed by atoms with Gasteiger partial charge < -0.3 is 0 Å². The van der Waals surface area contributed by atoms with Gasteiger partial charge in [0.1, 0.15) is 0 Å². The monoisotopic (exact) mass is 320 g/mol. The van der Waals surface area contributed by atoms with E-state index < -0.39 is 0 Å². The Morgan fingerprint density at radius 2 is 1.21 bits per heavy atom. The van der Waals surface area contributed by atoms with E-state index in [1.165, 1.54) is 35.1 Å². The summed E-state index contributed by atoms with van der Waals surface area (Å²) in [5.41, 5.74) is 6.60. The molecule has 1 saturated carbocycles. The summed E-state index contributed by atoms with van der Waals surface area (Å²) in [7, 11) is 0. The van der Waals surface area contributed by atoms with E-state index in [4.69, 9.17) is 0 Å². The van der Waals surface area contributed by atoms with Crippen molar-refractivity contribution >= 4 is 11.6 Å². The molecule has 0 aliphatic heterocycles. The van der Waals surface area contributed by atoms with Gasteiger partial charge in [-0.15, -0.1) is 0 Å². The maximum absolute atomic E-state index is 13.3. The van der Waals surface area contributed by atoms with Crippen molar-refractivity contribution in [3.05, 3.63) is 57.7 Å². The highest BCUT2D eigenvalue weighted by Gasteiger charge is 2.47. The molecule has 1 aromatic carbocycles. The number of allylic oxidation sites excluding steroid dienone is 4. The van der Waals surface area contributed by atoms with Gasteiger partial charge in [0, 0.05) is 11.1 Å². The SMILES string of the molecule is CCC1=C2CCCCC2=C(CC)C2C(=O)c3ccccc3C(=O)C12. The molecule has 24 heavy (non-hydrogen) atoms. The van der Waals surface area contributed by atoms with Crippen LogP contribution in [-0.2, 0) is 0 Å². The van der Waals surface area contributed by atoms with Crippen molar-refractivity contribution in [2.24, 2.45) is 11.8 Å². The molecule has 124 valence electrons. The lowest BCUT2D eigenvalue weighted by molar-refractivity contribution is 0.0778. The van der Waals surface area contributed by atoms with E-state index in [1.807, 2.05) is 24.3 Å². The van der Waals surface area contributed by atoms with E-state index >= 15 is 0 Å². The number of Topliss-reactive ketones (excluding diaryl/α,β-unsaturated/α-hetero) is 2. The number of hydrogen-bond acceptors (Lipinski definition) is 2. The topological polar surface area (TPSA) is 34.1 Å². The van der Waals surface area contributed by atoms with E-state index in [9.17, 15) is 9.59 Å². The summed E-state index contributed by atoms with van der Waals surface area (Å²) in [5.74, 6) is -0.168. The fraction of sp³-hybridized carbons (Fsp3) is 0.455. The average Bonchev–Trinajstić information content (AvgIpc) is 2.64. The summed E-state index contributed by atoms with van der Waals surface area (Å²) in [6.45, 7) is 4.28. The number of carbonyl (C=O) groups excluding carboxylic acids is 2. The van der Waals surface area contributed by atoms with Crippen LogP contribution in [0.5, 0.6) is 0 Å². The number of benzene rings is 1. The molecule has 0 saturated heterocycles. The van der Waals surface area contributed by atoms with Crippen LogP contribution in [0, 0.1) is 11.8 Å². The Morgan fingerprint density at radius 1 is 0.792 bits per heavy atom. The minimum absolute atomic E-state index is 0.162. The highest BCUT2D eigenvalue weighted by Crippen LogP contribution is 2.50. The smallest absolute Gasteiger partial charge is 0.171 e. The van der Waals surface area contributed by atoms with Crippen LogP contribution >= 0.6 is 0 Å². The number of fused-ring (bicyclic) bond motifs is 3. The van der Waals surface area contributed by atoms with Gasteiger partial charge in [-0.3, -0.25) is 9.59 Å². The Morgan fingerprint density at radius 3 is 1.58 bits per heavy atom. The Kier molecular flexibility index (Phi) is 3.79. The van der Waals surface area contributed by atoms with E-state index in [0.717, 1.165) is 25.7 Å². The summed E-state index contributed by atoms with van der Waals surface area (Å²) >= 11 is 0. The molecule has 0 amide bonds. The zero-order chi connectivity index (χ0) is 16.8. The lowest BCUT2D eigenvalue weighted by Crippen LogP contribution is -2.41. The molecular formula is C22H24O2. The van der Waals surface area contributed by atoms with Gasteiger partial charge in [0.2, 0.25) is 0 Å². The van der Waals surface area contributed by atoms with Gasteiger partial charge in [0.25, 0.3) is 0 Å². The summed E-state index contributed by atoms with van der Waals surface area (Å²) in [6, 6.07) is 7.40. The Hall–Kier alpha value is -1.96. The molecule has 0 N–H and O–H groups in total. The van der Waals surface area contributed by atoms with Crippen LogP contribution in [-0.4, -0.2) is 11.6 Å². The Labute approximate surface area is 143 Å². The maximum Gasteiger partial charge on any atom is 0.171 e. The summed E-state index contributed by atoms with van der Waals surface area (Å²) < 4.78 is 0. The molecule has 3 aliphatic carbocycles. The quantitative estimate of drug-likeness (QED) is 0.741. The molecule has 2 atom stereocenters. The number of carbonyl (C=O) groups is 2. The summed E-state index contributed by atoms with van der Waals surface area (Å²) in [5, 5.41) is 0. The minimum Gasteiger partial charge on any atom is -0.293 e. The summed E-state index contributed by atoms with van der Waals surface area (Å²) in [4.78, 5) is 26.6. The standard InChI is InChI=1S/C22H24O2/c1-3-13-15-9-5-6-10-16(15)14(4-2)20-19(13)21(23)17-11-7-8-12-18(17)22(20)24/h7-8,11-12,19-20H,3-6,9-10H2,1-2H3. The van der Waals surface area contributed by atoms with E-state index in [-0.39, 0.29) is 23.4 Å². The number of ketones is 2. The fourth-order valence-electron chi connectivity index (χ4n) is 5.13. The zero-order valence-corrected chi connectivity index (χ0v) is 14.5. The van der Waals surface area contributed by atoms with E-state index in [0.29, 0.717) is 11.1 Å². The molecule has 0 spiro atoms. The molecule has 2 heteroatoms. The number of rotatable bonds is 2. The van der Waals surface area contributed by atoms with E-state index in [2.05, 4.69) is 13.8 Å². The third kappa shape index (κ3) is 2.02. The first kappa shape index (κ1) is 15.6. The molecule has 4 rings (SSSR count). The molecule has 0 bridgehead atoms. The second kappa shape index (κ2) is 5.84. The van der Waals surface area contributed by atoms with Gasteiger partial charge in [-0.05, 0) is 49.7 Å². The van der Waals surface area contributed by atoms with Gasteiger partial charge in [-0.25, -0.2) is 0 Å². The van der Waals surface area contributed by atoms with Gasteiger partial charge >= 0.3 is 0 Å². The van der Waals surface area contributed by atoms with Gasteiger partial charge in [0.15, 0.2) is 11.6 Å². The van der Waals surface area contributed by atoms with Crippen LogP contribution < -0.4 is 0 Å². The van der Waals surface area contributed by atoms with Crippen molar-refractivity contribution in [1.29, 1.82) is 0 Å². The summed E-state index contributed by atoms with van der Waals surface area (Å²) in [6.07, 6.45) is 6.31. The largest absolute Gasteiger partial charge is 0.293 e. The van der Waals surface area contributed by atoms with Crippen molar-refractivity contribution in [3.63, 3.8) is 0 Å². The zero-order valence-electron chi connectivity index (χ0n) is 14.5. The Balaban J connectivity index is 1.98. The van der Waals surface area contributed by atoms with Crippen molar-refractivity contribution in [2.45, 2.75) is 52.4 Å². The fourth-order valence-corrected chi connectivity index (χ4v) is 5.13. The van der Waals surface area contributed by atoms with Crippen LogP contribution in [0.1, 0.15) is 73.1 Å². The lowest BCUT2D eigenvalue weighted by atomic mass is 9.60. The number of hydrogen-bond donors (Lipinski definition) is 0. The maximum atomic E-state index is 13.3. The second-order valence-corrected chi connectivity index (χ2v) is 7.15. The van der Waals surface area contributed by atoms with Crippen LogP contribution in [0.3, 0.4) is 0 Å². The van der Waals surface area contributed by atoms with Crippen molar-refractivity contribution in [1.82, 2.24) is 0 Å². The molecule has 0 radical (unpaired) electrons. The predicted molar refractivity (Wildman–Crippen MR) is 95.2 cm³/mol. The van der Waals surface area contributed by atoms with Crippen molar-refractivity contribution in [2.75, 3.05) is 0 Å². The molecule has 1 fully saturated rings. The minimum atomic E-state index is -0.246. The third-order valence-electron chi connectivity index (χ3n) is 6.11. The lowest BCUT2D eigenvalue weighted by Gasteiger charge is -2.41. The highest BCUT2D eigenvalue weighted by molar-refractivity contribution is 6.18. The van der Waals surface area contributed by atoms with Crippen LogP contribution in [0.15, 0.2) is 46.6 Å². The van der Waals surface area contributed by atoms with Gasteiger partial charge in [-0.2, -0.15) is 0 Å². The van der Waals surface area contributed by atoms with Crippen LogP contribution in [0.2, 0.25) is 0 Å². The highest BCUT2D eigenvalue weighted by atomic mass is 16.1. The van der Waals surface area contributed by atoms with E-state index in [1.54, 1.807) is 0 Å². The molecule has 0 heterocycles. The predicted octanol–water partition coefficient (Wildman–Crippen LogP) is 5.30. The first-order valence-electron chi connectivity index (χ1n) is 9.30. The van der Waals surface area contributed by atoms with Crippen LogP contribution in [0.25, 0.3) is 0 Å². The normalized spacial score (nSPS) is 26.2. The average molecular weight is 320 g/mol. The second-order valence-electron chi connectivity index (χ2n) is 7.15. The third-order valence-corrected chi connectivity index (χ3v) is 6.11. The molecule has 3 aliphatic rings. The van der Waals surface area contributed by atoms with Gasteiger partial charge in [-0.1, -0.05) is 49.3 Å². The first-order valence-corrected chi connectivity index (χ1v) is 9.30. The molecule has 0 aromatic heterocycles. The van der Waals surface area contributed by atoms with Crippen molar-refractivity contribution < 1.29 is 9.59 Å². The molecule has 2 unspecified atom stereocenters. The molecular weight excluding hydrogens is 296 g/mol. The molecule has 2 nitrogen and oxygen atoms in total.